The van der Waals surface area contributed by atoms with E-state index < -0.39 is 0 Å². The quantitative estimate of drug-likeness (QED) is 0.687. The summed E-state index contributed by atoms with van der Waals surface area (Å²) in [7, 11) is 1.75. The van der Waals surface area contributed by atoms with Gasteiger partial charge in [-0.15, -0.1) is 0 Å². The normalized spacial score (nSPS) is 10.7. The molecule has 0 aliphatic rings. The Hall–Kier alpha value is -1.34. The summed E-state index contributed by atoms with van der Waals surface area (Å²) < 4.78 is 5.08. The highest BCUT2D eigenvalue weighted by atomic mass is 16.5. The molecule has 0 heterocycles. The van der Waals surface area contributed by atoms with Crippen molar-refractivity contribution >= 4 is 10.8 Å². The van der Waals surface area contributed by atoms with Crippen molar-refractivity contribution in [2.75, 3.05) is 13.7 Å². The van der Waals surface area contributed by atoms with Crippen LogP contribution < -0.4 is 0 Å². The van der Waals surface area contributed by atoms with Gasteiger partial charge >= 0.3 is 0 Å². The summed E-state index contributed by atoms with van der Waals surface area (Å²) in [5, 5.41) is 2.70. The highest BCUT2D eigenvalue weighted by Gasteiger charge is 1.99. The predicted octanol–water partition coefficient (Wildman–Crippen LogP) is 3.42. The molecule has 0 N–H and O–H groups in total. The van der Waals surface area contributed by atoms with Gasteiger partial charge in [-0.25, -0.2) is 0 Å². The Morgan fingerprint density at radius 1 is 1.00 bits per heavy atom. The first-order valence-corrected chi connectivity index (χ1v) is 5.37. The molecule has 2 rings (SSSR count). The molecule has 0 aromatic heterocycles. The minimum Gasteiger partial charge on any atom is -0.385 e. The van der Waals surface area contributed by atoms with Crippen LogP contribution in [0, 0.1) is 0 Å². The molecule has 0 saturated carbocycles. The minimum absolute atomic E-state index is 0.837. The van der Waals surface area contributed by atoms with Crippen LogP contribution in [0.1, 0.15) is 12.0 Å². The van der Waals surface area contributed by atoms with Gasteiger partial charge in [0.2, 0.25) is 0 Å². The van der Waals surface area contributed by atoms with E-state index in [1.807, 2.05) is 0 Å². The smallest absolute Gasteiger partial charge is 0.0465 e. The second-order valence-electron chi connectivity index (χ2n) is 3.73. The fourth-order valence-corrected chi connectivity index (χ4v) is 1.92. The molecule has 1 heteroatoms. The summed E-state index contributed by atoms with van der Waals surface area (Å²) >= 11 is 0. The second kappa shape index (κ2) is 4.94. The van der Waals surface area contributed by atoms with Crippen molar-refractivity contribution in [1.82, 2.24) is 0 Å². The van der Waals surface area contributed by atoms with Crippen LogP contribution in [0.25, 0.3) is 10.8 Å². The molecule has 0 amide bonds. The van der Waals surface area contributed by atoms with E-state index in [1.54, 1.807) is 7.11 Å². The minimum atomic E-state index is 0.837. The fraction of sp³-hybridized carbons (Fsp3) is 0.286. The van der Waals surface area contributed by atoms with Crippen molar-refractivity contribution in [3.63, 3.8) is 0 Å². The zero-order chi connectivity index (χ0) is 10.5. The van der Waals surface area contributed by atoms with Crippen molar-refractivity contribution in [1.29, 1.82) is 0 Å². The van der Waals surface area contributed by atoms with E-state index in [9.17, 15) is 0 Å². The van der Waals surface area contributed by atoms with E-state index in [1.165, 1.54) is 16.3 Å². The SMILES string of the molecule is COCCCc1cccc2ccccc12. The predicted molar refractivity (Wildman–Crippen MR) is 64.1 cm³/mol. The molecule has 0 bridgehead atoms. The maximum atomic E-state index is 5.08. The molecule has 1 nitrogen and oxygen atoms in total. The van der Waals surface area contributed by atoms with Gasteiger partial charge in [0.05, 0.1) is 0 Å². The van der Waals surface area contributed by atoms with Crippen molar-refractivity contribution in [2.45, 2.75) is 12.8 Å². The van der Waals surface area contributed by atoms with Crippen molar-refractivity contribution in [2.24, 2.45) is 0 Å². The van der Waals surface area contributed by atoms with E-state index in [0.717, 1.165) is 19.4 Å². The van der Waals surface area contributed by atoms with Crippen LogP contribution in [0.4, 0.5) is 0 Å². The summed E-state index contributed by atoms with van der Waals surface area (Å²) in [6, 6.07) is 15.0. The summed E-state index contributed by atoms with van der Waals surface area (Å²) in [4.78, 5) is 0. The van der Waals surface area contributed by atoms with Gasteiger partial charge in [0, 0.05) is 13.7 Å². The molecule has 0 saturated heterocycles. The number of hydrogen-bond donors (Lipinski definition) is 0. The van der Waals surface area contributed by atoms with Crippen LogP contribution in [-0.4, -0.2) is 13.7 Å². The maximum absolute atomic E-state index is 5.08. The van der Waals surface area contributed by atoms with Gasteiger partial charge in [0.25, 0.3) is 0 Å². The summed E-state index contributed by atoms with van der Waals surface area (Å²) in [5.74, 6) is 0. The molecule has 2 aromatic rings. The van der Waals surface area contributed by atoms with E-state index in [-0.39, 0.29) is 0 Å². The number of ether oxygens (including phenoxy) is 1. The zero-order valence-corrected chi connectivity index (χ0v) is 9.07. The van der Waals surface area contributed by atoms with E-state index >= 15 is 0 Å². The number of rotatable bonds is 4. The monoisotopic (exact) mass is 200 g/mol. The van der Waals surface area contributed by atoms with Gasteiger partial charge in [-0.1, -0.05) is 42.5 Å². The summed E-state index contributed by atoms with van der Waals surface area (Å²) in [5.41, 5.74) is 1.42. The Bertz CT molecular complexity index is 429. The number of fused-ring (bicyclic) bond motifs is 1. The van der Waals surface area contributed by atoms with Gasteiger partial charge in [-0.3, -0.25) is 0 Å². The number of hydrogen-bond acceptors (Lipinski definition) is 1. The van der Waals surface area contributed by atoms with E-state index in [4.69, 9.17) is 4.74 Å². The molecule has 0 spiro atoms. The molecule has 15 heavy (non-hydrogen) atoms. The molecular formula is C14H16O. The molecule has 2 aromatic carbocycles. The molecular weight excluding hydrogens is 184 g/mol. The van der Waals surface area contributed by atoms with Crippen LogP contribution in [0.3, 0.4) is 0 Å². The Kier molecular flexibility index (Phi) is 3.36. The summed E-state index contributed by atoms with van der Waals surface area (Å²) in [6.45, 7) is 0.837. The van der Waals surface area contributed by atoms with Gasteiger partial charge in [-0.05, 0) is 29.2 Å². The largest absolute Gasteiger partial charge is 0.385 e. The maximum Gasteiger partial charge on any atom is 0.0465 e. The lowest BCUT2D eigenvalue weighted by molar-refractivity contribution is 0.195. The van der Waals surface area contributed by atoms with Gasteiger partial charge in [0.1, 0.15) is 0 Å². The van der Waals surface area contributed by atoms with E-state index in [2.05, 4.69) is 42.5 Å². The molecule has 0 fully saturated rings. The lowest BCUT2D eigenvalue weighted by atomic mass is 10.0. The van der Waals surface area contributed by atoms with Crippen LogP contribution in [-0.2, 0) is 11.2 Å². The Morgan fingerprint density at radius 3 is 2.67 bits per heavy atom. The lowest BCUT2D eigenvalue weighted by Gasteiger charge is -2.05. The number of aryl methyl sites for hydroxylation is 1. The third kappa shape index (κ3) is 2.37. The topological polar surface area (TPSA) is 9.23 Å². The molecule has 0 aliphatic carbocycles. The highest BCUT2D eigenvalue weighted by Crippen LogP contribution is 2.19. The molecule has 0 unspecified atom stereocenters. The highest BCUT2D eigenvalue weighted by molar-refractivity contribution is 5.85. The van der Waals surface area contributed by atoms with Crippen LogP contribution >= 0.6 is 0 Å². The Balaban J connectivity index is 2.26. The van der Waals surface area contributed by atoms with Gasteiger partial charge < -0.3 is 4.74 Å². The summed E-state index contributed by atoms with van der Waals surface area (Å²) in [6.07, 6.45) is 2.18. The second-order valence-corrected chi connectivity index (χ2v) is 3.73. The third-order valence-electron chi connectivity index (χ3n) is 2.67. The average molecular weight is 200 g/mol. The number of benzene rings is 2. The van der Waals surface area contributed by atoms with Crippen molar-refractivity contribution < 1.29 is 4.74 Å². The molecule has 0 atom stereocenters. The zero-order valence-electron chi connectivity index (χ0n) is 9.07. The standard InChI is InChI=1S/C14H16O/c1-15-11-5-9-13-8-4-7-12-6-2-3-10-14(12)13/h2-4,6-8,10H,5,9,11H2,1H3. The van der Waals surface area contributed by atoms with Gasteiger partial charge in [-0.2, -0.15) is 0 Å². The first-order valence-electron chi connectivity index (χ1n) is 5.37. The average Bonchev–Trinajstić information content (AvgIpc) is 2.30. The van der Waals surface area contributed by atoms with Crippen LogP contribution in [0.5, 0.6) is 0 Å². The number of methoxy groups -OCH3 is 1. The van der Waals surface area contributed by atoms with E-state index in [0.29, 0.717) is 0 Å². The molecule has 0 aliphatic heterocycles. The van der Waals surface area contributed by atoms with Crippen LogP contribution in [0.15, 0.2) is 42.5 Å². The first kappa shape index (κ1) is 10.2. The van der Waals surface area contributed by atoms with Crippen LogP contribution in [0.2, 0.25) is 0 Å². The Morgan fingerprint density at radius 2 is 1.80 bits per heavy atom. The molecule has 0 radical (unpaired) electrons. The van der Waals surface area contributed by atoms with Crippen molar-refractivity contribution in [3.8, 4) is 0 Å². The van der Waals surface area contributed by atoms with Crippen molar-refractivity contribution in [3.05, 3.63) is 48.0 Å². The lowest BCUT2D eigenvalue weighted by Crippen LogP contribution is -1.93. The first-order chi connectivity index (χ1) is 7.42. The molecule has 78 valence electrons. The third-order valence-corrected chi connectivity index (χ3v) is 2.67. The van der Waals surface area contributed by atoms with Gasteiger partial charge in [0.15, 0.2) is 0 Å². The Labute approximate surface area is 90.7 Å². The fourth-order valence-electron chi connectivity index (χ4n) is 1.92.